The fourth-order valence-electron chi connectivity index (χ4n) is 3.21. The summed E-state index contributed by atoms with van der Waals surface area (Å²) >= 11 is 0. The van der Waals surface area contributed by atoms with Gasteiger partial charge in [0.2, 0.25) is 0 Å². The molecule has 7 heteroatoms. The first kappa shape index (κ1) is 16.5. The van der Waals surface area contributed by atoms with Gasteiger partial charge in [-0.2, -0.15) is 0 Å². The van der Waals surface area contributed by atoms with Crippen LogP contribution in [0.4, 0.5) is 0 Å². The molecule has 0 radical (unpaired) electrons. The average molecular weight is 329 g/mol. The molecule has 2 unspecified atom stereocenters. The number of hydrogen-bond acceptors (Lipinski definition) is 3. The molecule has 1 aliphatic rings. The number of rotatable bonds is 5. The summed E-state index contributed by atoms with van der Waals surface area (Å²) in [6.45, 7) is 8.93. The summed E-state index contributed by atoms with van der Waals surface area (Å²) in [4.78, 5) is 15.5. The lowest BCUT2D eigenvalue weighted by Crippen LogP contribution is -2.49. The quantitative estimate of drug-likeness (QED) is 0.669. The Balaban J connectivity index is 1.66. The van der Waals surface area contributed by atoms with Crippen LogP contribution in [0.1, 0.15) is 26.3 Å². The molecule has 1 saturated heterocycles. The molecule has 0 amide bonds. The van der Waals surface area contributed by atoms with Gasteiger partial charge in [-0.05, 0) is 19.3 Å². The molecule has 1 N–H and O–H groups in total. The number of guanidine groups is 1. The van der Waals surface area contributed by atoms with Crippen LogP contribution in [-0.2, 0) is 6.54 Å². The molecule has 24 heavy (non-hydrogen) atoms. The number of piperidine rings is 1. The van der Waals surface area contributed by atoms with Gasteiger partial charge in [-0.25, -0.2) is 9.97 Å². The first-order valence-electron chi connectivity index (χ1n) is 8.74. The molecule has 2 aromatic heterocycles. The van der Waals surface area contributed by atoms with Crippen molar-refractivity contribution in [2.24, 2.45) is 10.9 Å². The van der Waals surface area contributed by atoms with Crippen LogP contribution in [0.5, 0.6) is 0 Å². The molecule has 3 rings (SSSR count). The highest BCUT2D eigenvalue weighted by Gasteiger charge is 2.28. The topological polar surface area (TPSA) is 63.3 Å². The molecular weight excluding hydrogens is 302 g/mol. The van der Waals surface area contributed by atoms with Crippen LogP contribution in [0.15, 0.2) is 42.4 Å². The molecule has 0 aliphatic carbocycles. The standard InChI is InChI=1S/C17H27N7/c1-3-20-17(21-7-10-22-9-5-18-13-22)23-8-4-15(2)16(12-23)24-11-6-19-14-24/h5-6,9,11,13-16H,3-4,7-8,10,12H2,1-2H3,(H,20,21). The molecule has 130 valence electrons. The van der Waals surface area contributed by atoms with E-state index in [0.717, 1.165) is 45.1 Å². The molecule has 0 aromatic carbocycles. The second kappa shape index (κ2) is 7.99. The van der Waals surface area contributed by atoms with Gasteiger partial charge in [0.15, 0.2) is 5.96 Å². The monoisotopic (exact) mass is 329 g/mol. The molecule has 0 spiro atoms. The first-order chi connectivity index (χ1) is 11.8. The van der Waals surface area contributed by atoms with Gasteiger partial charge in [-0.15, -0.1) is 0 Å². The van der Waals surface area contributed by atoms with Crippen LogP contribution < -0.4 is 5.32 Å². The Morgan fingerprint density at radius 1 is 1.25 bits per heavy atom. The van der Waals surface area contributed by atoms with E-state index in [0.29, 0.717) is 12.0 Å². The summed E-state index contributed by atoms with van der Waals surface area (Å²) in [7, 11) is 0. The van der Waals surface area contributed by atoms with Gasteiger partial charge in [0.05, 0.1) is 25.2 Å². The predicted molar refractivity (Wildman–Crippen MR) is 94.8 cm³/mol. The van der Waals surface area contributed by atoms with Gasteiger partial charge < -0.3 is 19.4 Å². The highest BCUT2D eigenvalue weighted by atomic mass is 15.3. The molecule has 7 nitrogen and oxygen atoms in total. The van der Waals surface area contributed by atoms with Crippen LogP contribution in [0, 0.1) is 5.92 Å². The zero-order valence-corrected chi connectivity index (χ0v) is 14.5. The lowest BCUT2D eigenvalue weighted by Gasteiger charge is -2.39. The number of aliphatic imine (C=N–C) groups is 1. The first-order valence-corrected chi connectivity index (χ1v) is 8.74. The van der Waals surface area contributed by atoms with Crippen LogP contribution >= 0.6 is 0 Å². The van der Waals surface area contributed by atoms with Crippen molar-refractivity contribution in [3.63, 3.8) is 0 Å². The number of nitrogens with zero attached hydrogens (tertiary/aromatic N) is 6. The zero-order chi connectivity index (χ0) is 16.8. The molecule has 2 aromatic rings. The maximum Gasteiger partial charge on any atom is 0.194 e. The van der Waals surface area contributed by atoms with Crippen molar-refractivity contribution in [1.82, 2.24) is 29.3 Å². The number of hydrogen-bond donors (Lipinski definition) is 1. The molecule has 1 aliphatic heterocycles. The summed E-state index contributed by atoms with van der Waals surface area (Å²) in [5, 5.41) is 3.44. The van der Waals surface area contributed by atoms with Gasteiger partial charge in [-0.3, -0.25) is 4.99 Å². The minimum Gasteiger partial charge on any atom is -0.357 e. The van der Waals surface area contributed by atoms with E-state index in [4.69, 9.17) is 4.99 Å². The number of nitrogens with one attached hydrogen (secondary N) is 1. The Labute approximate surface area is 143 Å². The molecule has 0 saturated carbocycles. The second-order valence-electron chi connectivity index (χ2n) is 6.33. The van der Waals surface area contributed by atoms with Gasteiger partial charge >= 0.3 is 0 Å². The van der Waals surface area contributed by atoms with Gasteiger partial charge in [-0.1, -0.05) is 6.92 Å². The van der Waals surface area contributed by atoms with Gasteiger partial charge in [0, 0.05) is 51.0 Å². The third kappa shape index (κ3) is 3.96. The summed E-state index contributed by atoms with van der Waals surface area (Å²) < 4.78 is 4.28. The van der Waals surface area contributed by atoms with E-state index >= 15 is 0 Å². The number of aromatic nitrogens is 4. The predicted octanol–water partition coefficient (Wildman–Crippen LogP) is 1.63. The summed E-state index contributed by atoms with van der Waals surface area (Å²) in [6, 6.07) is 0.443. The maximum absolute atomic E-state index is 4.81. The summed E-state index contributed by atoms with van der Waals surface area (Å²) in [6.07, 6.45) is 12.6. The number of imidazole rings is 2. The van der Waals surface area contributed by atoms with E-state index < -0.39 is 0 Å². The smallest absolute Gasteiger partial charge is 0.194 e. The van der Waals surface area contributed by atoms with Crippen molar-refractivity contribution in [2.75, 3.05) is 26.2 Å². The Morgan fingerprint density at radius 2 is 2.08 bits per heavy atom. The molecule has 3 heterocycles. The molecule has 0 bridgehead atoms. The van der Waals surface area contributed by atoms with Gasteiger partial charge in [0.1, 0.15) is 0 Å². The fraction of sp³-hybridized carbons (Fsp3) is 0.588. The summed E-state index contributed by atoms with van der Waals surface area (Å²) in [5.41, 5.74) is 0. The SMILES string of the molecule is CCNC(=NCCn1ccnc1)N1CCC(C)C(n2ccnc2)C1. The van der Waals surface area contributed by atoms with E-state index in [1.807, 2.05) is 25.0 Å². The van der Waals surface area contributed by atoms with Crippen molar-refractivity contribution in [3.8, 4) is 0 Å². The van der Waals surface area contributed by atoms with Crippen molar-refractivity contribution in [2.45, 2.75) is 32.9 Å². The van der Waals surface area contributed by atoms with E-state index in [1.54, 1.807) is 6.20 Å². The third-order valence-electron chi connectivity index (χ3n) is 4.64. The highest BCUT2D eigenvalue weighted by Crippen LogP contribution is 2.27. The van der Waals surface area contributed by atoms with E-state index in [1.165, 1.54) is 0 Å². The molecule has 1 fully saturated rings. The van der Waals surface area contributed by atoms with E-state index in [-0.39, 0.29) is 0 Å². The van der Waals surface area contributed by atoms with E-state index in [9.17, 15) is 0 Å². The largest absolute Gasteiger partial charge is 0.357 e. The maximum atomic E-state index is 4.81. The second-order valence-corrected chi connectivity index (χ2v) is 6.33. The Morgan fingerprint density at radius 3 is 2.79 bits per heavy atom. The van der Waals surface area contributed by atoms with Crippen LogP contribution in [-0.4, -0.2) is 56.1 Å². The van der Waals surface area contributed by atoms with Crippen molar-refractivity contribution in [3.05, 3.63) is 37.4 Å². The Bertz CT molecular complexity index is 617. The normalized spacial score (nSPS) is 21.9. The van der Waals surface area contributed by atoms with E-state index in [2.05, 4.69) is 49.4 Å². The Hall–Kier alpha value is -2.31. The molecular formula is C17H27N7. The van der Waals surface area contributed by atoms with Crippen molar-refractivity contribution < 1.29 is 0 Å². The minimum atomic E-state index is 0.443. The minimum absolute atomic E-state index is 0.443. The summed E-state index contributed by atoms with van der Waals surface area (Å²) in [5.74, 6) is 1.65. The molecule has 2 atom stereocenters. The lowest BCUT2D eigenvalue weighted by atomic mass is 9.93. The lowest BCUT2D eigenvalue weighted by molar-refractivity contribution is 0.189. The highest BCUT2D eigenvalue weighted by molar-refractivity contribution is 5.80. The van der Waals surface area contributed by atoms with Crippen LogP contribution in [0.3, 0.4) is 0 Å². The third-order valence-corrected chi connectivity index (χ3v) is 4.64. The van der Waals surface area contributed by atoms with Crippen molar-refractivity contribution >= 4 is 5.96 Å². The zero-order valence-electron chi connectivity index (χ0n) is 14.5. The Kier molecular flexibility index (Phi) is 5.51. The van der Waals surface area contributed by atoms with Crippen LogP contribution in [0.2, 0.25) is 0 Å². The van der Waals surface area contributed by atoms with Gasteiger partial charge in [0.25, 0.3) is 0 Å². The van der Waals surface area contributed by atoms with Crippen LogP contribution in [0.25, 0.3) is 0 Å². The average Bonchev–Trinajstić information content (AvgIpc) is 3.28. The van der Waals surface area contributed by atoms with Crippen molar-refractivity contribution in [1.29, 1.82) is 0 Å². The fourth-order valence-corrected chi connectivity index (χ4v) is 3.21. The number of likely N-dealkylation sites (tertiary alicyclic amines) is 1.